The summed E-state index contributed by atoms with van der Waals surface area (Å²) in [6.45, 7) is 3.18. The molecule has 116 valence electrons. The second kappa shape index (κ2) is 4.67. The van der Waals surface area contributed by atoms with Crippen molar-refractivity contribution in [2.45, 2.75) is 44.2 Å². The topological polar surface area (TPSA) is 129 Å². The Balaban J connectivity index is 2.04. The van der Waals surface area contributed by atoms with Crippen molar-refractivity contribution in [1.82, 2.24) is 9.55 Å². The number of H-pyrrole nitrogens is 1. The normalized spacial score (nSPS) is 34.0. The highest BCUT2D eigenvalue weighted by atomic mass is 16.8. The number of hydrogen-bond donors (Lipinski definition) is 3. The zero-order valence-electron chi connectivity index (χ0n) is 11.6. The van der Waals surface area contributed by atoms with E-state index in [4.69, 9.17) is 19.9 Å². The molecule has 0 bridgehead atoms. The van der Waals surface area contributed by atoms with E-state index in [1.54, 1.807) is 13.8 Å². The van der Waals surface area contributed by atoms with E-state index in [-0.39, 0.29) is 12.4 Å². The molecule has 1 aromatic heterocycles. The maximum absolute atomic E-state index is 12.0. The summed E-state index contributed by atoms with van der Waals surface area (Å²) in [5.74, 6) is -0.898. The van der Waals surface area contributed by atoms with Crippen LogP contribution in [0.5, 0.6) is 0 Å². The van der Waals surface area contributed by atoms with Crippen molar-refractivity contribution in [3.8, 4) is 0 Å². The van der Waals surface area contributed by atoms with Crippen LogP contribution >= 0.6 is 0 Å². The van der Waals surface area contributed by atoms with Gasteiger partial charge in [-0.05, 0) is 13.8 Å². The van der Waals surface area contributed by atoms with Gasteiger partial charge in [0.2, 0.25) is 0 Å². The maximum atomic E-state index is 12.0. The highest BCUT2D eigenvalue weighted by Gasteiger charge is 2.56. The molecular weight excluding hydrogens is 282 g/mol. The minimum atomic E-state index is -0.877. The van der Waals surface area contributed by atoms with Crippen LogP contribution in [0.4, 0.5) is 5.82 Å². The number of aliphatic hydroxyl groups excluding tert-OH is 1. The number of hydrogen-bond acceptors (Lipinski definition) is 7. The summed E-state index contributed by atoms with van der Waals surface area (Å²) in [4.78, 5) is 25.3. The number of aliphatic hydroxyl groups is 1. The third kappa shape index (κ3) is 2.27. The van der Waals surface area contributed by atoms with Gasteiger partial charge in [-0.15, -0.1) is 0 Å². The lowest BCUT2D eigenvalue weighted by atomic mass is 10.1. The first-order valence-electron chi connectivity index (χ1n) is 6.56. The van der Waals surface area contributed by atoms with Gasteiger partial charge in [-0.25, -0.2) is 4.79 Å². The number of rotatable bonds is 2. The van der Waals surface area contributed by atoms with Gasteiger partial charge < -0.3 is 25.1 Å². The molecule has 21 heavy (non-hydrogen) atoms. The molecule has 0 saturated carbocycles. The monoisotopic (exact) mass is 299 g/mol. The molecule has 2 aliphatic heterocycles. The molecule has 0 aromatic carbocycles. The van der Waals surface area contributed by atoms with Crippen molar-refractivity contribution in [3.05, 3.63) is 26.9 Å². The van der Waals surface area contributed by atoms with Gasteiger partial charge in [-0.3, -0.25) is 14.3 Å². The molecule has 4 atom stereocenters. The fourth-order valence-corrected chi connectivity index (χ4v) is 2.80. The van der Waals surface area contributed by atoms with Crippen LogP contribution in [0.1, 0.15) is 20.1 Å². The first-order chi connectivity index (χ1) is 9.82. The molecule has 2 aliphatic rings. The van der Waals surface area contributed by atoms with Gasteiger partial charge in [0.25, 0.3) is 5.56 Å². The van der Waals surface area contributed by atoms with E-state index >= 15 is 0 Å². The number of fused-ring (bicyclic) bond motifs is 1. The van der Waals surface area contributed by atoms with Gasteiger partial charge in [0, 0.05) is 6.07 Å². The summed E-state index contributed by atoms with van der Waals surface area (Å²) < 4.78 is 18.2. The number of nitrogens with zero attached hydrogens (tertiary/aromatic N) is 1. The Morgan fingerprint density at radius 2 is 2.05 bits per heavy atom. The van der Waals surface area contributed by atoms with Gasteiger partial charge in [0.1, 0.15) is 24.1 Å². The number of aromatic amines is 1. The molecule has 3 heterocycles. The average Bonchev–Trinajstić information content (AvgIpc) is 2.82. The first-order valence-corrected chi connectivity index (χ1v) is 6.56. The van der Waals surface area contributed by atoms with Gasteiger partial charge in [-0.2, -0.15) is 0 Å². The summed E-state index contributed by atoms with van der Waals surface area (Å²) in [7, 11) is 0. The smallest absolute Gasteiger partial charge is 0.332 e. The molecule has 4 N–H and O–H groups in total. The molecule has 0 aliphatic carbocycles. The molecule has 3 rings (SSSR count). The molecule has 9 nitrogen and oxygen atoms in total. The van der Waals surface area contributed by atoms with Crippen molar-refractivity contribution >= 4 is 5.82 Å². The fraction of sp³-hybridized carbons (Fsp3) is 0.667. The van der Waals surface area contributed by atoms with Gasteiger partial charge in [-0.1, -0.05) is 0 Å². The van der Waals surface area contributed by atoms with Crippen LogP contribution in [-0.2, 0) is 14.2 Å². The van der Waals surface area contributed by atoms with Crippen molar-refractivity contribution in [2.24, 2.45) is 0 Å². The summed E-state index contributed by atoms with van der Waals surface area (Å²) in [6, 6.07) is 1.09. The molecule has 2 fully saturated rings. The predicted molar refractivity (Wildman–Crippen MR) is 70.6 cm³/mol. The zero-order valence-corrected chi connectivity index (χ0v) is 11.6. The van der Waals surface area contributed by atoms with Crippen molar-refractivity contribution in [3.63, 3.8) is 0 Å². The lowest BCUT2D eigenvalue weighted by Gasteiger charge is -2.24. The standard InChI is InChI=1S/C12H17N3O6/c1-12(2)20-8-5(4-16)19-10(9(8)21-12)15-6(13)3-7(17)14-11(15)18/h3,5,8-10,16H,4,13H2,1-2H3,(H,14,17,18)/t5-,8-,9-,10-/m1/s1. The highest BCUT2D eigenvalue weighted by molar-refractivity contribution is 5.27. The van der Waals surface area contributed by atoms with Crippen molar-refractivity contribution in [1.29, 1.82) is 0 Å². The summed E-state index contributed by atoms with van der Waals surface area (Å²) in [5.41, 5.74) is 4.45. The van der Waals surface area contributed by atoms with Crippen LogP contribution < -0.4 is 17.0 Å². The fourth-order valence-electron chi connectivity index (χ4n) is 2.80. The van der Waals surface area contributed by atoms with E-state index < -0.39 is 41.6 Å². The van der Waals surface area contributed by atoms with E-state index in [1.807, 2.05) is 0 Å². The highest BCUT2D eigenvalue weighted by Crippen LogP contribution is 2.42. The molecular formula is C12H17N3O6. The Morgan fingerprint density at radius 3 is 2.67 bits per heavy atom. The van der Waals surface area contributed by atoms with Crippen molar-refractivity contribution in [2.75, 3.05) is 12.3 Å². The Morgan fingerprint density at radius 1 is 1.38 bits per heavy atom. The van der Waals surface area contributed by atoms with E-state index in [9.17, 15) is 14.7 Å². The number of ether oxygens (including phenoxy) is 3. The number of nitrogen functional groups attached to an aromatic ring is 1. The van der Waals surface area contributed by atoms with Gasteiger partial charge in [0.05, 0.1) is 6.61 Å². The van der Waals surface area contributed by atoms with Crippen LogP contribution in [0, 0.1) is 0 Å². The number of nitrogens with two attached hydrogens (primary N) is 1. The van der Waals surface area contributed by atoms with Crippen LogP contribution in [0.25, 0.3) is 0 Å². The summed E-state index contributed by atoms with van der Waals surface area (Å²) in [5, 5.41) is 9.39. The van der Waals surface area contributed by atoms with E-state index in [0.717, 1.165) is 10.6 Å². The zero-order chi connectivity index (χ0) is 15.4. The van der Waals surface area contributed by atoms with E-state index in [1.165, 1.54) is 0 Å². The molecule has 1 aromatic rings. The summed E-state index contributed by atoms with van der Waals surface area (Å²) in [6.07, 6.45) is -2.64. The lowest BCUT2D eigenvalue weighted by molar-refractivity contribution is -0.200. The third-order valence-electron chi connectivity index (χ3n) is 3.57. The van der Waals surface area contributed by atoms with E-state index in [2.05, 4.69) is 4.98 Å². The van der Waals surface area contributed by atoms with Crippen LogP contribution in [-0.4, -0.2) is 45.4 Å². The number of aromatic nitrogens is 2. The molecule has 2 saturated heterocycles. The van der Waals surface area contributed by atoms with Gasteiger partial charge in [0.15, 0.2) is 12.0 Å². The second-order valence-corrected chi connectivity index (χ2v) is 5.55. The minimum Gasteiger partial charge on any atom is -0.394 e. The average molecular weight is 299 g/mol. The number of nitrogens with one attached hydrogen (secondary N) is 1. The van der Waals surface area contributed by atoms with Crippen LogP contribution in [0.15, 0.2) is 15.7 Å². The molecule has 9 heteroatoms. The molecule has 0 unspecified atom stereocenters. The summed E-state index contributed by atoms with van der Waals surface area (Å²) >= 11 is 0. The largest absolute Gasteiger partial charge is 0.394 e. The molecule has 0 amide bonds. The molecule has 0 radical (unpaired) electrons. The first kappa shape index (κ1) is 14.3. The Bertz CT molecular complexity index is 666. The van der Waals surface area contributed by atoms with E-state index in [0.29, 0.717) is 0 Å². The minimum absolute atomic E-state index is 0.0422. The Kier molecular flexibility index (Phi) is 3.17. The van der Waals surface area contributed by atoms with Gasteiger partial charge >= 0.3 is 5.69 Å². The quantitative estimate of drug-likeness (QED) is 0.608. The van der Waals surface area contributed by atoms with Crippen LogP contribution in [0.3, 0.4) is 0 Å². The second-order valence-electron chi connectivity index (χ2n) is 5.55. The third-order valence-corrected chi connectivity index (χ3v) is 3.57. The Hall–Kier alpha value is -1.68. The van der Waals surface area contributed by atoms with Crippen LogP contribution in [0.2, 0.25) is 0 Å². The molecule has 0 spiro atoms. The lowest BCUT2D eigenvalue weighted by Crippen LogP contribution is -2.39. The predicted octanol–water partition coefficient (Wildman–Crippen LogP) is -1.47. The van der Waals surface area contributed by atoms with Crippen molar-refractivity contribution < 1.29 is 19.3 Å². The maximum Gasteiger partial charge on any atom is 0.332 e. The SMILES string of the molecule is CC1(C)O[C@@H]2[C@H](O1)[C@@H](CO)O[C@H]2n1c(N)cc(=O)[nH]c1=O. The Labute approximate surface area is 119 Å². The number of anilines is 1.